The number of hydrogen-bond donors (Lipinski definition) is 2. The molecule has 2 aliphatic rings. The predicted molar refractivity (Wildman–Crippen MR) is 129 cm³/mol. The third-order valence-corrected chi connectivity index (χ3v) is 6.76. The van der Waals surface area contributed by atoms with Crippen molar-refractivity contribution < 1.29 is 9.90 Å². The Kier molecular flexibility index (Phi) is 6.11. The van der Waals surface area contributed by atoms with Crippen molar-refractivity contribution in [2.24, 2.45) is 0 Å². The Labute approximate surface area is 194 Å². The summed E-state index contributed by atoms with van der Waals surface area (Å²) in [6.07, 6.45) is 3.87. The van der Waals surface area contributed by atoms with Crippen molar-refractivity contribution in [2.45, 2.75) is 31.4 Å². The average molecular weight is 443 g/mol. The first-order chi connectivity index (χ1) is 16.1. The summed E-state index contributed by atoms with van der Waals surface area (Å²) in [5.41, 5.74) is 3.57. The molecule has 170 valence electrons. The van der Waals surface area contributed by atoms with Gasteiger partial charge in [-0.25, -0.2) is 4.98 Å². The SMILES string of the molecule is O=C(c1ccnc(Nc2ccccc2)c1)N1CCC(O)(CN2CCc3ccccc3C2)CC1. The molecule has 2 aliphatic heterocycles. The van der Waals surface area contributed by atoms with Gasteiger partial charge in [-0.3, -0.25) is 9.69 Å². The minimum atomic E-state index is -0.749. The van der Waals surface area contributed by atoms with Gasteiger partial charge >= 0.3 is 0 Å². The second-order valence-electron chi connectivity index (χ2n) is 9.17. The zero-order valence-corrected chi connectivity index (χ0v) is 18.8. The maximum absolute atomic E-state index is 13.1. The molecule has 1 aromatic heterocycles. The Hall–Kier alpha value is -3.22. The summed E-state index contributed by atoms with van der Waals surface area (Å²) >= 11 is 0. The van der Waals surface area contributed by atoms with Crippen molar-refractivity contribution >= 4 is 17.4 Å². The van der Waals surface area contributed by atoms with Crippen LogP contribution in [0.4, 0.5) is 11.5 Å². The molecule has 2 aromatic carbocycles. The highest BCUT2D eigenvalue weighted by molar-refractivity contribution is 5.95. The Morgan fingerprint density at radius 1 is 0.970 bits per heavy atom. The van der Waals surface area contributed by atoms with Gasteiger partial charge < -0.3 is 15.3 Å². The third-order valence-electron chi connectivity index (χ3n) is 6.76. The quantitative estimate of drug-likeness (QED) is 0.628. The minimum absolute atomic E-state index is 0.0116. The number of β-amino-alcohol motifs (C(OH)–C–C–N with tert-alkyl or cyclic N) is 1. The van der Waals surface area contributed by atoms with Gasteiger partial charge in [-0.15, -0.1) is 0 Å². The van der Waals surface area contributed by atoms with E-state index in [9.17, 15) is 9.90 Å². The second-order valence-corrected chi connectivity index (χ2v) is 9.17. The number of aromatic nitrogens is 1. The summed E-state index contributed by atoms with van der Waals surface area (Å²) in [6.45, 7) is 3.63. The Morgan fingerprint density at radius 3 is 2.48 bits per heavy atom. The zero-order valence-electron chi connectivity index (χ0n) is 18.8. The van der Waals surface area contributed by atoms with E-state index in [2.05, 4.69) is 39.5 Å². The molecule has 1 fully saturated rings. The number of anilines is 2. The van der Waals surface area contributed by atoms with Gasteiger partial charge in [0.1, 0.15) is 5.82 Å². The molecule has 0 bridgehead atoms. The van der Waals surface area contributed by atoms with Crippen LogP contribution in [0.1, 0.15) is 34.3 Å². The van der Waals surface area contributed by atoms with Crippen molar-refractivity contribution in [3.63, 3.8) is 0 Å². The third kappa shape index (κ3) is 5.07. The van der Waals surface area contributed by atoms with E-state index in [4.69, 9.17) is 0 Å². The molecule has 0 spiro atoms. The number of carbonyl (C=O) groups is 1. The Balaban J connectivity index is 1.18. The van der Waals surface area contributed by atoms with Crippen LogP contribution in [0.15, 0.2) is 72.9 Å². The standard InChI is InChI=1S/C27H30N4O2/c32-26(22-10-14-28-25(18-22)29-24-8-2-1-3-9-24)31-16-12-27(33,13-17-31)20-30-15-11-21-6-4-5-7-23(21)19-30/h1-10,14,18,33H,11-13,15-17,19-20H2,(H,28,29). The number of nitrogens with zero attached hydrogens (tertiary/aromatic N) is 3. The molecule has 2 N–H and O–H groups in total. The van der Waals surface area contributed by atoms with Crippen LogP contribution in [0, 0.1) is 0 Å². The first-order valence-corrected chi connectivity index (χ1v) is 11.7. The van der Waals surface area contributed by atoms with Crippen molar-refractivity contribution in [1.82, 2.24) is 14.8 Å². The largest absolute Gasteiger partial charge is 0.388 e. The summed E-state index contributed by atoms with van der Waals surface area (Å²) in [5, 5.41) is 14.5. The number of piperidine rings is 1. The van der Waals surface area contributed by atoms with Crippen LogP contribution in [0.25, 0.3) is 0 Å². The van der Waals surface area contributed by atoms with E-state index in [1.165, 1.54) is 11.1 Å². The molecule has 0 saturated carbocycles. The Bertz CT molecular complexity index is 1110. The van der Waals surface area contributed by atoms with Gasteiger partial charge in [-0.05, 0) is 54.7 Å². The van der Waals surface area contributed by atoms with Crippen molar-refractivity contribution in [2.75, 3.05) is 31.5 Å². The number of aliphatic hydroxyl groups is 1. The summed E-state index contributed by atoms with van der Waals surface area (Å²) < 4.78 is 0. The van der Waals surface area contributed by atoms with E-state index >= 15 is 0 Å². The second kappa shape index (κ2) is 9.33. The van der Waals surface area contributed by atoms with E-state index in [0.717, 1.165) is 25.2 Å². The van der Waals surface area contributed by atoms with Crippen LogP contribution in [0.3, 0.4) is 0 Å². The molecule has 6 heteroatoms. The number of rotatable bonds is 5. The van der Waals surface area contributed by atoms with Gasteiger partial charge in [-0.1, -0.05) is 42.5 Å². The number of amides is 1. The molecule has 0 radical (unpaired) electrons. The number of benzene rings is 2. The first kappa shape index (κ1) is 21.6. The van der Waals surface area contributed by atoms with Gasteiger partial charge in [-0.2, -0.15) is 0 Å². The number of pyridine rings is 1. The van der Waals surface area contributed by atoms with E-state index < -0.39 is 5.60 Å². The highest BCUT2D eigenvalue weighted by atomic mass is 16.3. The van der Waals surface area contributed by atoms with Crippen molar-refractivity contribution in [3.8, 4) is 0 Å². The lowest BCUT2D eigenvalue weighted by atomic mass is 9.89. The summed E-state index contributed by atoms with van der Waals surface area (Å²) in [4.78, 5) is 21.7. The van der Waals surface area contributed by atoms with Crippen LogP contribution in [-0.4, -0.2) is 57.6 Å². The van der Waals surface area contributed by atoms with Crippen LogP contribution in [-0.2, 0) is 13.0 Å². The summed E-state index contributed by atoms with van der Waals surface area (Å²) in [7, 11) is 0. The van der Waals surface area contributed by atoms with Crippen LogP contribution in [0.2, 0.25) is 0 Å². The lowest BCUT2D eigenvalue weighted by Crippen LogP contribution is -2.52. The molecule has 6 nitrogen and oxygen atoms in total. The van der Waals surface area contributed by atoms with Gasteiger partial charge in [0, 0.05) is 50.2 Å². The first-order valence-electron chi connectivity index (χ1n) is 11.7. The highest BCUT2D eigenvalue weighted by Crippen LogP contribution is 2.27. The van der Waals surface area contributed by atoms with Crippen LogP contribution >= 0.6 is 0 Å². The molecule has 1 saturated heterocycles. The molecular weight excluding hydrogens is 412 g/mol. The highest BCUT2D eigenvalue weighted by Gasteiger charge is 2.36. The van der Waals surface area contributed by atoms with Gasteiger partial charge in [0.2, 0.25) is 0 Å². The van der Waals surface area contributed by atoms with Crippen LogP contribution < -0.4 is 5.32 Å². The van der Waals surface area contributed by atoms with E-state index in [0.29, 0.717) is 43.9 Å². The Morgan fingerprint density at radius 2 is 1.70 bits per heavy atom. The number of fused-ring (bicyclic) bond motifs is 1. The molecule has 0 atom stereocenters. The monoisotopic (exact) mass is 442 g/mol. The lowest BCUT2D eigenvalue weighted by Gasteiger charge is -2.42. The zero-order chi connectivity index (χ0) is 22.7. The molecule has 0 unspecified atom stereocenters. The smallest absolute Gasteiger partial charge is 0.254 e. The maximum Gasteiger partial charge on any atom is 0.254 e. The minimum Gasteiger partial charge on any atom is -0.388 e. The molecule has 33 heavy (non-hydrogen) atoms. The fourth-order valence-corrected chi connectivity index (χ4v) is 4.87. The predicted octanol–water partition coefficient (Wildman–Crippen LogP) is 3.85. The van der Waals surface area contributed by atoms with E-state index in [-0.39, 0.29) is 5.91 Å². The van der Waals surface area contributed by atoms with Gasteiger partial charge in [0.25, 0.3) is 5.91 Å². The fourth-order valence-electron chi connectivity index (χ4n) is 4.87. The fraction of sp³-hybridized carbons (Fsp3) is 0.333. The molecule has 0 aliphatic carbocycles. The molecule has 5 rings (SSSR count). The van der Waals surface area contributed by atoms with E-state index in [1.54, 1.807) is 18.3 Å². The number of carbonyl (C=O) groups excluding carboxylic acids is 1. The number of likely N-dealkylation sites (tertiary alicyclic amines) is 1. The maximum atomic E-state index is 13.1. The molecule has 3 aromatic rings. The molecular formula is C27H30N4O2. The number of para-hydroxylation sites is 1. The van der Waals surface area contributed by atoms with Gasteiger partial charge in [0.05, 0.1) is 5.60 Å². The van der Waals surface area contributed by atoms with Crippen molar-refractivity contribution in [1.29, 1.82) is 0 Å². The summed E-state index contributed by atoms with van der Waals surface area (Å²) in [5.74, 6) is 0.633. The average Bonchev–Trinajstić information content (AvgIpc) is 2.85. The van der Waals surface area contributed by atoms with E-state index in [1.807, 2.05) is 35.2 Å². The topological polar surface area (TPSA) is 68.7 Å². The molecule has 1 amide bonds. The number of nitrogens with one attached hydrogen (secondary N) is 1. The van der Waals surface area contributed by atoms with Crippen molar-refractivity contribution in [3.05, 3.63) is 89.6 Å². The summed E-state index contributed by atoms with van der Waals surface area (Å²) in [6, 6.07) is 21.9. The molecule has 3 heterocycles. The van der Waals surface area contributed by atoms with Gasteiger partial charge in [0.15, 0.2) is 0 Å². The number of hydrogen-bond acceptors (Lipinski definition) is 5. The normalized spacial score (nSPS) is 17.9. The van der Waals surface area contributed by atoms with Crippen LogP contribution in [0.5, 0.6) is 0 Å². The lowest BCUT2D eigenvalue weighted by molar-refractivity contribution is -0.0430.